The number of aryl methyl sites for hydroxylation is 3. The second-order valence-electron chi connectivity index (χ2n) is 6.06. The standard InChI is InChI=1S/C18H16N4OS2/c1-8-4-11-6-12-14(19)15(16(23)22-18-20-10(3)7-24-18)25-17(12)21-13(11)5-9(8)2/h4-7H,19H2,1-3H3,(H,20,22,23). The molecule has 0 unspecified atom stereocenters. The van der Waals surface area contributed by atoms with Gasteiger partial charge in [-0.05, 0) is 50.1 Å². The lowest BCUT2D eigenvalue weighted by Crippen LogP contribution is -2.11. The second-order valence-corrected chi connectivity index (χ2v) is 7.92. The van der Waals surface area contributed by atoms with Gasteiger partial charge < -0.3 is 5.73 Å². The van der Waals surface area contributed by atoms with Crippen molar-refractivity contribution in [3.63, 3.8) is 0 Å². The van der Waals surface area contributed by atoms with Gasteiger partial charge >= 0.3 is 0 Å². The highest BCUT2D eigenvalue weighted by atomic mass is 32.1. The normalized spacial score (nSPS) is 11.3. The number of nitrogens with two attached hydrogens (primary N) is 1. The molecule has 0 saturated heterocycles. The zero-order valence-corrected chi connectivity index (χ0v) is 15.6. The number of hydrogen-bond donors (Lipinski definition) is 2. The van der Waals surface area contributed by atoms with Crippen LogP contribution in [0.2, 0.25) is 0 Å². The molecule has 0 saturated carbocycles. The molecule has 5 nitrogen and oxygen atoms in total. The topological polar surface area (TPSA) is 80.9 Å². The molecule has 3 heterocycles. The van der Waals surface area contributed by atoms with Crippen molar-refractivity contribution < 1.29 is 4.79 Å². The van der Waals surface area contributed by atoms with Crippen molar-refractivity contribution >= 4 is 60.5 Å². The van der Waals surface area contributed by atoms with Gasteiger partial charge in [0.05, 0.1) is 16.9 Å². The van der Waals surface area contributed by atoms with E-state index in [0.717, 1.165) is 26.8 Å². The van der Waals surface area contributed by atoms with Crippen LogP contribution in [0, 0.1) is 20.8 Å². The SMILES string of the molecule is Cc1csc(NC(=O)c2sc3nc4cc(C)c(C)cc4cc3c2N)n1. The van der Waals surface area contributed by atoms with E-state index in [4.69, 9.17) is 10.7 Å². The van der Waals surface area contributed by atoms with E-state index >= 15 is 0 Å². The van der Waals surface area contributed by atoms with Crippen molar-refractivity contribution in [3.8, 4) is 0 Å². The summed E-state index contributed by atoms with van der Waals surface area (Å²) in [6.07, 6.45) is 0. The average Bonchev–Trinajstić information content (AvgIpc) is 3.10. The van der Waals surface area contributed by atoms with Crippen LogP contribution in [0.3, 0.4) is 0 Å². The smallest absolute Gasteiger partial charge is 0.269 e. The number of carbonyl (C=O) groups is 1. The molecule has 1 amide bonds. The van der Waals surface area contributed by atoms with E-state index in [0.29, 0.717) is 15.7 Å². The number of rotatable bonds is 2. The van der Waals surface area contributed by atoms with Crippen LogP contribution in [-0.4, -0.2) is 15.9 Å². The van der Waals surface area contributed by atoms with E-state index in [1.165, 1.54) is 33.8 Å². The highest BCUT2D eigenvalue weighted by molar-refractivity contribution is 7.21. The number of hydrogen-bond acceptors (Lipinski definition) is 6. The molecule has 126 valence electrons. The molecule has 0 aliphatic heterocycles. The van der Waals surface area contributed by atoms with Crippen LogP contribution < -0.4 is 11.1 Å². The summed E-state index contributed by atoms with van der Waals surface area (Å²) in [6.45, 7) is 6.03. The summed E-state index contributed by atoms with van der Waals surface area (Å²) >= 11 is 2.71. The number of anilines is 2. The van der Waals surface area contributed by atoms with Crippen molar-refractivity contribution in [1.82, 2.24) is 9.97 Å². The number of thiazole rings is 1. The molecule has 7 heteroatoms. The number of aromatic nitrogens is 2. The Kier molecular flexibility index (Phi) is 3.70. The lowest BCUT2D eigenvalue weighted by Gasteiger charge is -2.03. The van der Waals surface area contributed by atoms with Gasteiger partial charge in [0.1, 0.15) is 9.71 Å². The van der Waals surface area contributed by atoms with Gasteiger partial charge in [-0.2, -0.15) is 0 Å². The minimum atomic E-state index is -0.244. The third-order valence-electron chi connectivity index (χ3n) is 4.17. The minimum Gasteiger partial charge on any atom is -0.397 e. The molecule has 0 radical (unpaired) electrons. The molecule has 0 aliphatic rings. The summed E-state index contributed by atoms with van der Waals surface area (Å²) in [6, 6.07) is 6.19. The maximum Gasteiger partial charge on any atom is 0.269 e. The van der Waals surface area contributed by atoms with E-state index in [1.54, 1.807) is 0 Å². The highest BCUT2D eigenvalue weighted by Gasteiger charge is 2.19. The van der Waals surface area contributed by atoms with E-state index < -0.39 is 0 Å². The predicted octanol–water partition coefficient (Wildman–Crippen LogP) is 4.67. The fourth-order valence-electron chi connectivity index (χ4n) is 2.70. The Bertz CT molecular complexity index is 1140. The lowest BCUT2D eigenvalue weighted by molar-refractivity contribution is 0.103. The van der Waals surface area contributed by atoms with Crippen molar-refractivity contribution in [2.24, 2.45) is 0 Å². The van der Waals surface area contributed by atoms with Gasteiger partial charge in [0.25, 0.3) is 5.91 Å². The van der Waals surface area contributed by atoms with E-state index in [9.17, 15) is 4.79 Å². The lowest BCUT2D eigenvalue weighted by atomic mass is 10.1. The van der Waals surface area contributed by atoms with Crippen LogP contribution in [-0.2, 0) is 0 Å². The number of thiophene rings is 1. The molecule has 0 fully saturated rings. The van der Waals surface area contributed by atoms with Crippen molar-refractivity contribution in [3.05, 3.63) is 45.3 Å². The molecule has 3 N–H and O–H groups in total. The highest BCUT2D eigenvalue weighted by Crippen LogP contribution is 2.35. The molecule has 4 rings (SSSR count). The number of nitrogen functional groups attached to an aromatic ring is 1. The summed E-state index contributed by atoms with van der Waals surface area (Å²) in [5.74, 6) is -0.244. The molecule has 3 aromatic heterocycles. The Morgan fingerprint density at radius 1 is 1.12 bits per heavy atom. The Labute approximate surface area is 152 Å². The average molecular weight is 368 g/mol. The number of nitrogens with one attached hydrogen (secondary N) is 1. The van der Waals surface area contributed by atoms with Gasteiger partial charge in [-0.15, -0.1) is 22.7 Å². The maximum absolute atomic E-state index is 12.6. The predicted molar refractivity (Wildman–Crippen MR) is 106 cm³/mol. The van der Waals surface area contributed by atoms with Crippen LogP contribution in [0.15, 0.2) is 23.6 Å². The summed E-state index contributed by atoms with van der Waals surface area (Å²) in [7, 11) is 0. The van der Waals surface area contributed by atoms with Crippen LogP contribution in [0.4, 0.5) is 10.8 Å². The summed E-state index contributed by atoms with van der Waals surface area (Å²) in [5, 5.41) is 7.13. The first-order chi connectivity index (χ1) is 11.9. The fourth-order valence-corrected chi connectivity index (χ4v) is 4.36. The van der Waals surface area contributed by atoms with E-state index in [2.05, 4.69) is 36.3 Å². The van der Waals surface area contributed by atoms with Gasteiger partial charge in [0.15, 0.2) is 5.13 Å². The number of carbonyl (C=O) groups excluding carboxylic acids is 1. The molecule has 25 heavy (non-hydrogen) atoms. The first-order valence-corrected chi connectivity index (χ1v) is 9.45. The molecular weight excluding hydrogens is 352 g/mol. The van der Waals surface area contributed by atoms with Gasteiger partial charge in [0, 0.05) is 16.2 Å². The molecule has 0 atom stereocenters. The minimum absolute atomic E-state index is 0.244. The number of amides is 1. The van der Waals surface area contributed by atoms with Gasteiger partial charge in [0.2, 0.25) is 0 Å². The van der Waals surface area contributed by atoms with Crippen LogP contribution in [0.25, 0.3) is 21.1 Å². The molecule has 0 aliphatic carbocycles. The quantitative estimate of drug-likeness (QED) is 0.539. The van der Waals surface area contributed by atoms with Crippen molar-refractivity contribution in [2.45, 2.75) is 20.8 Å². The zero-order valence-electron chi connectivity index (χ0n) is 14.0. The Morgan fingerprint density at radius 3 is 2.60 bits per heavy atom. The Morgan fingerprint density at radius 2 is 1.88 bits per heavy atom. The fraction of sp³-hybridized carbons (Fsp3) is 0.167. The van der Waals surface area contributed by atoms with Gasteiger partial charge in [-0.25, -0.2) is 9.97 Å². The Balaban J connectivity index is 1.80. The van der Waals surface area contributed by atoms with Crippen LogP contribution in [0.1, 0.15) is 26.5 Å². The van der Waals surface area contributed by atoms with E-state index in [-0.39, 0.29) is 5.91 Å². The monoisotopic (exact) mass is 368 g/mol. The number of pyridine rings is 1. The third-order valence-corrected chi connectivity index (χ3v) is 6.16. The molecule has 0 bridgehead atoms. The molecule has 0 spiro atoms. The number of fused-ring (bicyclic) bond motifs is 2. The van der Waals surface area contributed by atoms with Gasteiger partial charge in [-0.1, -0.05) is 0 Å². The summed E-state index contributed by atoms with van der Waals surface area (Å²) in [4.78, 5) is 22.8. The molecule has 4 aromatic rings. The van der Waals surface area contributed by atoms with Crippen LogP contribution in [0.5, 0.6) is 0 Å². The second kappa shape index (κ2) is 5.79. The van der Waals surface area contributed by atoms with E-state index in [1.807, 2.05) is 18.4 Å². The maximum atomic E-state index is 12.6. The third kappa shape index (κ3) is 2.75. The summed E-state index contributed by atoms with van der Waals surface area (Å²) < 4.78 is 0. The largest absolute Gasteiger partial charge is 0.397 e. The molecular formula is C18H16N4OS2. The summed E-state index contributed by atoms with van der Waals surface area (Å²) in [5.41, 5.74) is 10.9. The Hall–Kier alpha value is -2.51. The zero-order chi connectivity index (χ0) is 17.7. The van der Waals surface area contributed by atoms with Crippen molar-refractivity contribution in [1.29, 1.82) is 0 Å². The number of nitrogens with zero attached hydrogens (tertiary/aromatic N) is 2. The molecule has 1 aromatic carbocycles. The van der Waals surface area contributed by atoms with Crippen molar-refractivity contribution in [2.75, 3.05) is 11.1 Å². The first-order valence-electron chi connectivity index (χ1n) is 7.76. The van der Waals surface area contributed by atoms with Crippen LogP contribution >= 0.6 is 22.7 Å². The van der Waals surface area contributed by atoms with Gasteiger partial charge in [-0.3, -0.25) is 10.1 Å². The number of benzene rings is 1. The first kappa shape index (κ1) is 16.0.